The Bertz CT molecular complexity index is 894. The average Bonchev–Trinajstić information content (AvgIpc) is 2.75. The number of benzene rings is 2. The minimum Gasteiger partial charge on any atom is -0.497 e. The van der Waals surface area contributed by atoms with Gasteiger partial charge in [0.15, 0.2) is 0 Å². The highest BCUT2D eigenvalue weighted by atomic mass is 16.5. The molecule has 0 amide bonds. The highest BCUT2D eigenvalue weighted by Gasteiger charge is 2.19. The molecule has 28 heavy (non-hydrogen) atoms. The molecule has 1 fully saturated rings. The van der Waals surface area contributed by atoms with E-state index in [2.05, 4.69) is 50.4 Å². The van der Waals surface area contributed by atoms with Crippen molar-refractivity contribution in [3.8, 4) is 5.75 Å². The first-order chi connectivity index (χ1) is 13.8. The fourth-order valence-corrected chi connectivity index (χ4v) is 3.37. The Kier molecular flexibility index (Phi) is 5.68. The van der Waals surface area contributed by atoms with Gasteiger partial charge in [-0.1, -0.05) is 36.4 Å². The molecule has 0 saturated carbocycles. The first kappa shape index (κ1) is 18.3. The summed E-state index contributed by atoms with van der Waals surface area (Å²) in [5.41, 5.74) is 2.30. The molecule has 0 aliphatic carbocycles. The fourth-order valence-electron chi connectivity index (χ4n) is 3.37. The van der Waals surface area contributed by atoms with Gasteiger partial charge in [-0.3, -0.25) is 4.90 Å². The van der Waals surface area contributed by atoms with Crippen molar-refractivity contribution in [2.45, 2.75) is 6.54 Å². The highest BCUT2D eigenvalue weighted by molar-refractivity contribution is 5.59. The number of aromatic nitrogens is 2. The lowest BCUT2D eigenvalue weighted by molar-refractivity contribution is 0.248. The lowest BCUT2D eigenvalue weighted by Crippen LogP contribution is -2.46. The number of ether oxygens (including phenoxy) is 1. The van der Waals surface area contributed by atoms with Crippen molar-refractivity contribution in [1.29, 1.82) is 0 Å². The monoisotopic (exact) mass is 375 g/mol. The third-order valence-corrected chi connectivity index (χ3v) is 4.89. The second kappa shape index (κ2) is 8.71. The van der Waals surface area contributed by atoms with E-state index in [1.807, 2.05) is 30.3 Å². The molecule has 2 heterocycles. The van der Waals surface area contributed by atoms with Crippen molar-refractivity contribution < 1.29 is 4.74 Å². The van der Waals surface area contributed by atoms with Crippen LogP contribution in [-0.4, -0.2) is 48.2 Å². The minimum atomic E-state index is 0.771. The van der Waals surface area contributed by atoms with Crippen molar-refractivity contribution in [2.24, 2.45) is 0 Å². The smallest absolute Gasteiger partial charge is 0.227 e. The van der Waals surface area contributed by atoms with Crippen LogP contribution in [0.4, 0.5) is 17.5 Å². The molecule has 0 radical (unpaired) electrons. The Morgan fingerprint density at radius 2 is 1.79 bits per heavy atom. The summed E-state index contributed by atoms with van der Waals surface area (Å²) in [6.07, 6.45) is 1.81. The van der Waals surface area contributed by atoms with Gasteiger partial charge in [-0.25, -0.2) is 4.98 Å². The Morgan fingerprint density at radius 1 is 0.964 bits per heavy atom. The van der Waals surface area contributed by atoms with Gasteiger partial charge in [-0.2, -0.15) is 4.98 Å². The van der Waals surface area contributed by atoms with Crippen LogP contribution in [0.5, 0.6) is 5.75 Å². The summed E-state index contributed by atoms with van der Waals surface area (Å²) in [6.45, 7) is 4.86. The molecule has 0 atom stereocenters. The van der Waals surface area contributed by atoms with Crippen LogP contribution in [0.3, 0.4) is 0 Å². The van der Waals surface area contributed by atoms with Crippen molar-refractivity contribution >= 4 is 17.5 Å². The van der Waals surface area contributed by atoms with E-state index in [1.165, 1.54) is 5.56 Å². The number of piperazine rings is 1. The van der Waals surface area contributed by atoms with Crippen molar-refractivity contribution in [2.75, 3.05) is 43.5 Å². The predicted octanol–water partition coefficient (Wildman–Crippen LogP) is 3.55. The summed E-state index contributed by atoms with van der Waals surface area (Å²) in [7, 11) is 1.67. The zero-order chi connectivity index (χ0) is 19.2. The van der Waals surface area contributed by atoms with E-state index in [4.69, 9.17) is 9.72 Å². The molecule has 1 saturated heterocycles. The maximum absolute atomic E-state index is 5.28. The largest absolute Gasteiger partial charge is 0.497 e. The number of hydrogen-bond acceptors (Lipinski definition) is 6. The first-order valence-electron chi connectivity index (χ1n) is 9.55. The highest BCUT2D eigenvalue weighted by Crippen LogP contribution is 2.21. The molecular formula is C22H25N5O. The van der Waals surface area contributed by atoms with Crippen LogP contribution in [0.15, 0.2) is 66.9 Å². The van der Waals surface area contributed by atoms with Crippen LogP contribution in [0.25, 0.3) is 0 Å². The second-order valence-electron chi connectivity index (χ2n) is 6.85. The number of nitrogens with zero attached hydrogens (tertiary/aromatic N) is 4. The van der Waals surface area contributed by atoms with Crippen molar-refractivity contribution in [1.82, 2.24) is 14.9 Å². The van der Waals surface area contributed by atoms with E-state index in [0.717, 1.165) is 55.9 Å². The number of hydrogen-bond donors (Lipinski definition) is 1. The Morgan fingerprint density at radius 3 is 2.57 bits per heavy atom. The van der Waals surface area contributed by atoms with Gasteiger partial charge in [0, 0.05) is 50.7 Å². The molecule has 144 valence electrons. The zero-order valence-corrected chi connectivity index (χ0v) is 16.1. The number of anilines is 3. The number of nitrogens with one attached hydrogen (secondary N) is 1. The fraction of sp³-hybridized carbons (Fsp3) is 0.273. The molecule has 1 N–H and O–H groups in total. The third-order valence-electron chi connectivity index (χ3n) is 4.89. The van der Waals surface area contributed by atoms with Gasteiger partial charge in [-0.15, -0.1) is 0 Å². The van der Waals surface area contributed by atoms with E-state index in [1.54, 1.807) is 13.3 Å². The van der Waals surface area contributed by atoms with Crippen LogP contribution < -0.4 is 15.0 Å². The van der Waals surface area contributed by atoms with Gasteiger partial charge in [0.1, 0.15) is 11.6 Å². The van der Waals surface area contributed by atoms with Gasteiger partial charge in [-0.05, 0) is 23.8 Å². The summed E-state index contributed by atoms with van der Waals surface area (Å²) in [4.78, 5) is 13.9. The van der Waals surface area contributed by atoms with E-state index >= 15 is 0 Å². The van der Waals surface area contributed by atoms with Crippen LogP contribution in [0.2, 0.25) is 0 Å². The van der Waals surface area contributed by atoms with Gasteiger partial charge >= 0.3 is 0 Å². The van der Waals surface area contributed by atoms with Crippen LogP contribution in [-0.2, 0) is 6.54 Å². The van der Waals surface area contributed by atoms with Gasteiger partial charge in [0.25, 0.3) is 0 Å². The van der Waals surface area contributed by atoms with E-state index < -0.39 is 0 Å². The molecule has 2 aromatic carbocycles. The standard InChI is InChI=1S/C22H25N5O/c1-28-20-9-5-8-19(16-20)24-21-10-11-23-22(25-21)27-14-12-26(13-15-27)17-18-6-3-2-4-7-18/h2-11,16H,12-15,17H2,1H3,(H,23,24,25). The quantitative estimate of drug-likeness (QED) is 0.711. The molecule has 1 aromatic heterocycles. The summed E-state index contributed by atoms with van der Waals surface area (Å²) in [5.74, 6) is 2.37. The maximum atomic E-state index is 5.28. The summed E-state index contributed by atoms with van der Waals surface area (Å²) in [6, 6.07) is 20.3. The number of rotatable bonds is 6. The van der Waals surface area contributed by atoms with Gasteiger partial charge in [0.05, 0.1) is 7.11 Å². The molecule has 0 spiro atoms. The average molecular weight is 375 g/mol. The Balaban J connectivity index is 1.37. The lowest BCUT2D eigenvalue weighted by atomic mass is 10.2. The molecule has 3 aromatic rings. The van der Waals surface area contributed by atoms with Gasteiger partial charge in [0.2, 0.25) is 5.95 Å². The topological polar surface area (TPSA) is 53.5 Å². The van der Waals surface area contributed by atoms with Crippen molar-refractivity contribution in [3.63, 3.8) is 0 Å². The van der Waals surface area contributed by atoms with Crippen LogP contribution >= 0.6 is 0 Å². The maximum Gasteiger partial charge on any atom is 0.227 e. The molecule has 6 nitrogen and oxygen atoms in total. The van der Waals surface area contributed by atoms with Gasteiger partial charge < -0.3 is 15.0 Å². The van der Waals surface area contributed by atoms with E-state index in [0.29, 0.717) is 0 Å². The molecular weight excluding hydrogens is 350 g/mol. The molecule has 4 rings (SSSR count). The zero-order valence-electron chi connectivity index (χ0n) is 16.1. The molecule has 0 unspecified atom stereocenters. The normalized spacial score (nSPS) is 14.7. The number of methoxy groups -OCH3 is 1. The molecule has 6 heteroatoms. The third kappa shape index (κ3) is 4.58. The van der Waals surface area contributed by atoms with E-state index in [9.17, 15) is 0 Å². The minimum absolute atomic E-state index is 0.771. The predicted molar refractivity (Wildman–Crippen MR) is 112 cm³/mol. The summed E-state index contributed by atoms with van der Waals surface area (Å²) < 4.78 is 5.28. The second-order valence-corrected chi connectivity index (χ2v) is 6.85. The molecule has 1 aliphatic rings. The van der Waals surface area contributed by atoms with E-state index in [-0.39, 0.29) is 0 Å². The summed E-state index contributed by atoms with van der Waals surface area (Å²) >= 11 is 0. The van der Waals surface area contributed by atoms with Crippen molar-refractivity contribution in [3.05, 3.63) is 72.4 Å². The van der Waals surface area contributed by atoms with Crippen LogP contribution in [0.1, 0.15) is 5.56 Å². The summed E-state index contributed by atoms with van der Waals surface area (Å²) in [5, 5.41) is 3.33. The molecule has 0 bridgehead atoms. The Hall–Kier alpha value is -3.12. The Labute approximate surface area is 165 Å². The van der Waals surface area contributed by atoms with Crippen LogP contribution in [0, 0.1) is 0 Å². The first-order valence-corrected chi connectivity index (χ1v) is 9.55. The molecule has 1 aliphatic heterocycles. The lowest BCUT2D eigenvalue weighted by Gasteiger charge is -2.34. The SMILES string of the molecule is COc1cccc(Nc2ccnc(N3CCN(Cc4ccccc4)CC3)n2)c1.